The molecule has 8 heteroatoms. The molecule has 3 aromatic carbocycles. The highest BCUT2D eigenvalue weighted by molar-refractivity contribution is 7.80. The van der Waals surface area contributed by atoms with Crippen LogP contribution in [0.3, 0.4) is 0 Å². The number of nitrogens with zero attached hydrogens (tertiary/aromatic N) is 1. The number of hydrogen-bond donors (Lipinski definition) is 3. The lowest BCUT2D eigenvalue weighted by Gasteiger charge is -2.11. The average molecular weight is 490 g/mol. The number of amides is 1. The summed E-state index contributed by atoms with van der Waals surface area (Å²) in [4.78, 5) is 17.1. The smallest absolute Gasteiger partial charge is 0.257 e. The first-order valence-corrected chi connectivity index (χ1v) is 12.0. The van der Waals surface area contributed by atoms with Crippen LogP contribution >= 0.6 is 12.2 Å². The lowest BCUT2D eigenvalue weighted by Crippen LogP contribution is -2.34. The van der Waals surface area contributed by atoms with Crippen molar-refractivity contribution in [2.45, 2.75) is 33.1 Å². The maximum Gasteiger partial charge on any atom is 0.257 e. The lowest BCUT2D eigenvalue weighted by molar-refractivity contribution is 0.0977. The van der Waals surface area contributed by atoms with Crippen molar-refractivity contribution >= 4 is 40.0 Å². The van der Waals surface area contributed by atoms with Gasteiger partial charge in [0, 0.05) is 17.3 Å². The molecular formula is C27H27N3O4S. The zero-order valence-electron chi connectivity index (χ0n) is 19.6. The Morgan fingerprint density at radius 1 is 1.11 bits per heavy atom. The fraction of sp³-hybridized carbons (Fsp3) is 0.222. The predicted octanol–water partition coefficient (Wildman–Crippen LogP) is 6.07. The molecule has 1 amide bonds. The number of carbonyl (C=O) groups is 1. The Morgan fingerprint density at radius 2 is 1.97 bits per heavy atom. The second-order valence-corrected chi connectivity index (χ2v) is 8.45. The zero-order chi connectivity index (χ0) is 24.8. The fourth-order valence-electron chi connectivity index (χ4n) is 3.50. The molecule has 35 heavy (non-hydrogen) atoms. The van der Waals surface area contributed by atoms with Crippen molar-refractivity contribution < 1.29 is 19.1 Å². The van der Waals surface area contributed by atoms with E-state index < -0.39 is 0 Å². The topological polar surface area (TPSA) is 96.6 Å². The van der Waals surface area contributed by atoms with Gasteiger partial charge in [0.15, 0.2) is 10.7 Å². The van der Waals surface area contributed by atoms with E-state index in [1.165, 1.54) is 6.07 Å². The van der Waals surface area contributed by atoms with Crippen LogP contribution in [0.4, 0.5) is 5.69 Å². The second kappa shape index (κ2) is 11.0. The molecule has 0 bridgehead atoms. The lowest BCUT2D eigenvalue weighted by atomic mass is 10.1. The number of aromatic nitrogens is 1. The number of rotatable bonds is 8. The highest BCUT2D eigenvalue weighted by atomic mass is 32.1. The zero-order valence-corrected chi connectivity index (χ0v) is 20.4. The highest BCUT2D eigenvalue weighted by Gasteiger charge is 2.14. The molecule has 180 valence electrons. The summed E-state index contributed by atoms with van der Waals surface area (Å²) < 4.78 is 11.5. The molecule has 4 rings (SSSR count). The van der Waals surface area contributed by atoms with Gasteiger partial charge >= 0.3 is 0 Å². The van der Waals surface area contributed by atoms with Crippen molar-refractivity contribution in [1.82, 2.24) is 10.3 Å². The first-order chi connectivity index (χ1) is 17.0. The molecular weight excluding hydrogens is 462 g/mol. The molecule has 0 saturated carbocycles. The SMILES string of the molecule is CCCCOc1cccc(C(=O)NC(=S)Nc2ccc(-c3nc4cc(CC)ccc4o3)c(O)c2)c1. The number of nitrogens with one attached hydrogen (secondary N) is 2. The van der Waals surface area contributed by atoms with Gasteiger partial charge in [-0.3, -0.25) is 10.1 Å². The van der Waals surface area contributed by atoms with Gasteiger partial charge in [0.25, 0.3) is 5.91 Å². The number of aromatic hydroxyl groups is 1. The van der Waals surface area contributed by atoms with Crippen LogP contribution in [0.15, 0.2) is 65.1 Å². The monoisotopic (exact) mass is 489 g/mol. The largest absolute Gasteiger partial charge is 0.507 e. The number of hydrogen-bond acceptors (Lipinski definition) is 6. The Bertz CT molecular complexity index is 1370. The number of benzene rings is 3. The molecule has 0 unspecified atom stereocenters. The van der Waals surface area contributed by atoms with E-state index in [-0.39, 0.29) is 16.8 Å². The Hall–Kier alpha value is -3.91. The number of phenolic OH excluding ortho intramolecular Hbond substituents is 1. The fourth-order valence-corrected chi connectivity index (χ4v) is 3.71. The Morgan fingerprint density at radius 3 is 2.74 bits per heavy atom. The maximum atomic E-state index is 12.6. The third-order valence-corrected chi connectivity index (χ3v) is 5.64. The summed E-state index contributed by atoms with van der Waals surface area (Å²) in [6.07, 6.45) is 2.88. The Balaban J connectivity index is 1.41. The number of oxazole rings is 1. The number of anilines is 1. The van der Waals surface area contributed by atoms with Gasteiger partial charge in [-0.2, -0.15) is 0 Å². The molecule has 0 atom stereocenters. The van der Waals surface area contributed by atoms with Crippen LogP contribution < -0.4 is 15.4 Å². The average Bonchev–Trinajstić information content (AvgIpc) is 3.27. The van der Waals surface area contributed by atoms with Crippen molar-refractivity contribution in [2.75, 3.05) is 11.9 Å². The van der Waals surface area contributed by atoms with Gasteiger partial charge in [0.2, 0.25) is 5.89 Å². The molecule has 1 aromatic heterocycles. The summed E-state index contributed by atoms with van der Waals surface area (Å²) in [5.41, 5.74) is 3.96. The van der Waals surface area contributed by atoms with Crippen molar-refractivity contribution in [3.63, 3.8) is 0 Å². The third-order valence-electron chi connectivity index (χ3n) is 5.44. The second-order valence-electron chi connectivity index (χ2n) is 8.04. The molecule has 0 fully saturated rings. The number of unbranched alkanes of at least 4 members (excludes halogenated alkanes) is 1. The first kappa shape index (κ1) is 24.2. The van der Waals surface area contributed by atoms with E-state index in [9.17, 15) is 9.90 Å². The van der Waals surface area contributed by atoms with Crippen LogP contribution in [0, 0.1) is 0 Å². The molecule has 0 aliphatic rings. The van der Waals surface area contributed by atoms with Crippen LogP contribution in [-0.4, -0.2) is 27.7 Å². The van der Waals surface area contributed by atoms with Crippen molar-refractivity contribution in [3.05, 3.63) is 71.8 Å². The van der Waals surface area contributed by atoms with E-state index in [2.05, 4.69) is 29.5 Å². The third kappa shape index (κ3) is 5.96. The minimum Gasteiger partial charge on any atom is -0.507 e. The quantitative estimate of drug-likeness (QED) is 0.204. The van der Waals surface area contributed by atoms with E-state index in [0.29, 0.717) is 40.6 Å². The molecule has 3 N–H and O–H groups in total. The summed E-state index contributed by atoms with van der Waals surface area (Å²) in [5.74, 6) is 0.579. The van der Waals surface area contributed by atoms with Gasteiger partial charge < -0.3 is 19.6 Å². The van der Waals surface area contributed by atoms with Gasteiger partial charge in [0.1, 0.15) is 17.0 Å². The van der Waals surface area contributed by atoms with E-state index in [4.69, 9.17) is 21.4 Å². The summed E-state index contributed by atoms with van der Waals surface area (Å²) in [6, 6.07) is 17.7. The number of ether oxygens (including phenoxy) is 1. The van der Waals surface area contributed by atoms with Crippen LogP contribution in [0.1, 0.15) is 42.6 Å². The van der Waals surface area contributed by atoms with Crippen LogP contribution in [0.5, 0.6) is 11.5 Å². The van der Waals surface area contributed by atoms with E-state index in [0.717, 1.165) is 30.3 Å². The minimum atomic E-state index is -0.359. The van der Waals surface area contributed by atoms with Crippen molar-refractivity contribution in [2.24, 2.45) is 0 Å². The van der Waals surface area contributed by atoms with Crippen molar-refractivity contribution in [1.29, 1.82) is 0 Å². The van der Waals surface area contributed by atoms with E-state index >= 15 is 0 Å². The molecule has 4 aromatic rings. The van der Waals surface area contributed by atoms with E-state index in [1.54, 1.807) is 30.3 Å². The summed E-state index contributed by atoms with van der Waals surface area (Å²) in [5, 5.41) is 16.2. The Kier molecular flexibility index (Phi) is 7.62. The van der Waals surface area contributed by atoms with Crippen LogP contribution in [0.25, 0.3) is 22.6 Å². The number of fused-ring (bicyclic) bond motifs is 1. The van der Waals surface area contributed by atoms with Crippen LogP contribution in [-0.2, 0) is 6.42 Å². The molecule has 0 aliphatic carbocycles. The van der Waals surface area contributed by atoms with Gasteiger partial charge in [-0.1, -0.05) is 32.4 Å². The molecule has 0 spiro atoms. The number of aryl methyl sites for hydroxylation is 1. The normalized spacial score (nSPS) is 10.8. The number of phenols is 1. The first-order valence-electron chi connectivity index (χ1n) is 11.5. The van der Waals surface area contributed by atoms with Gasteiger partial charge in [-0.25, -0.2) is 4.98 Å². The molecule has 1 heterocycles. The molecule has 0 aliphatic heterocycles. The van der Waals surface area contributed by atoms with Crippen LogP contribution in [0.2, 0.25) is 0 Å². The molecule has 0 radical (unpaired) electrons. The summed E-state index contributed by atoms with van der Waals surface area (Å²) in [6.45, 7) is 4.77. The van der Waals surface area contributed by atoms with E-state index in [1.807, 2.05) is 24.3 Å². The van der Waals surface area contributed by atoms with Gasteiger partial charge in [-0.05, 0) is 73.1 Å². The van der Waals surface area contributed by atoms with Gasteiger partial charge in [0.05, 0.1) is 12.2 Å². The standard InChI is InChI=1S/C27H27N3O4S/c1-3-5-13-33-20-8-6-7-18(15-20)25(32)30-27(35)28-19-10-11-21(23(31)16-19)26-29-22-14-17(4-2)9-12-24(22)34-26/h6-12,14-16,31H,3-5,13H2,1-2H3,(H2,28,30,32,35). The number of carbonyl (C=O) groups excluding carboxylic acids is 1. The summed E-state index contributed by atoms with van der Waals surface area (Å²) >= 11 is 5.28. The highest BCUT2D eigenvalue weighted by Crippen LogP contribution is 2.33. The van der Waals surface area contributed by atoms with Gasteiger partial charge in [-0.15, -0.1) is 0 Å². The number of thiocarbonyl (C=S) groups is 1. The maximum absolute atomic E-state index is 12.6. The Labute approximate surface area is 209 Å². The predicted molar refractivity (Wildman–Crippen MR) is 141 cm³/mol. The summed E-state index contributed by atoms with van der Waals surface area (Å²) in [7, 11) is 0. The minimum absolute atomic E-state index is 0.0247. The van der Waals surface area contributed by atoms with Crippen molar-refractivity contribution in [3.8, 4) is 23.0 Å². The molecule has 0 saturated heterocycles. The molecule has 7 nitrogen and oxygen atoms in total.